The Morgan fingerprint density at radius 2 is 2.11 bits per heavy atom. The molecule has 98 valence electrons. The monoisotopic (exact) mass is 245 g/mol. The van der Waals surface area contributed by atoms with E-state index in [1.54, 1.807) is 5.56 Å². The summed E-state index contributed by atoms with van der Waals surface area (Å²) in [6.45, 7) is 5.46. The van der Waals surface area contributed by atoms with Gasteiger partial charge in [-0.25, -0.2) is 0 Å². The van der Waals surface area contributed by atoms with Crippen molar-refractivity contribution in [3.63, 3.8) is 0 Å². The van der Waals surface area contributed by atoms with Crippen molar-refractivity contribution < 1.29 is 0 Å². The van der Waals surface area contributed by atoms with Crippen molar-refractivity contribution in [2.24, 2.45) is 0 Å². The molecular weight excluding hydrogens is 222 g/mol. The smallest absolute Gasteiger partial charge is 0.0362 e. The second-order valence-electron chi connectivity index (χ2n) is 5.70. The first-order valence-electron chi connectivity index (χ1n) is 7.10. The highest BCUT2D eigenvalue weighted by Gasteiger charge is 2.24. The molecule has 0 radical (unpaired) electrons. The lowest BCUT2D eigenvalue weighted by Crippen LogP contribution is -2.35. The lowest BCUT2D eigenvalue weighted by molar-refractivity contribution is 0.379. The van der Waals surface area contributed by atoms with Crippen molar-refractivity contribution >= 4 is 5.69 Å². The maximum Gasteiger partial charge on any atom is 0.0362 e. The number of rotatable bonds is 1. The van der Waals surface area contributed by atoms with E-state index >= 15 is 0 Å². The summed E-state index contributed by atoms with van der Waals surface area (Å²) in [5.41, 5.74) is 11.5. The molecule has 2 unspecified atom stereocenters. The van der Waals surface area contributed by atoms with Crippen LogP contribution in [0.3, 0.4) is 0 Å². The molecular formula is C15H23N3. The van der Waals surface area contributed by atoms with E-state index in [4.69, 9.17) is 5.73 Å². The molecule has 18 heavy (non-hydrogen) atoms. The number of hydrogen-bond donors (Lipinski definition) is 3. The van der Waals surface area contributed by atoms with Gasteiger partial charge in [0, 0.05) is 18.3 Å². The van der Waals surface area contributed by atoms with Crippen LogP contribution in [-0.2, 0) is 13.0 Å². The van der Waals surface area contributed by atoms with E-state index in [9.17, 15) is 0 Å². The average Bonchev–Trinajstić information content (AvgIpc) is 2.39. The molecule has 0 amide bonds. The average molecular weight is 245 g/mol. The summed E-state index contributed by atoms with van der Waals surface area (Å²) >= 11 is 0. The second kappa shape index (κ2) is 4.90. The highest BCUT2D eigenvalue weighted by Crippen LogP contribution is 2.34. The minimum Gasteiger partial charge on any atom is -0.398 e. The molecule has 0 aromatic heterocycles. The fraction of sp³-hybridized carbons (Fsp3) is 0.600. The first-order valence-corrected chi connectivity index (χ1v) is 7.10. The van der Waals surface area contributed by atoms with Gasteiger partial charge in [-0.05, 0) is 68.0 Å². The first kappa shape index (κ1) is 12.0. The summed E-state index contributed by atoms with van der Waals surface area (Å²) in [6, 6.07) is 5.02. The molecule has 2 aliphatic heterocycles. The molecule has 0 bridgehead atoms. The topological polar surface area (TPSA) is 50.1 Å². The maximum atomic E-state index is 6.11. The van der Waals surface area contributed by atoms with Gasteiger partial charge < -0.3 is 16.4 Å². The number of hydrogen-bond acceptors (Lipinski definition) is 3. The minimum atomic E-state index is 0.638. The highest BCUT2D eigenvalue weighted by atomic mass is 14.9. The summed E-state index contributed by atoms with van der Waals surface area (Å²) in [5.74, 6) is 0.716. The molecule has 0 spiro atoms. The fourth-order valence-electron chi connectivity index (χ4n) is 3.46. The Morgan fingerprint density at radius 1 is 1.22 bits per heavy atom. The van der Waals surface area contributed by atoms with E-state index in [-0.39, 0.29) is 0 Å². The molecule has 2 atom stereocenters. The van der Waals surface area contributed by atoms with E-state index in [0.29, 0.717) is 12.0 Å². The number of anilines is 1. The maximum absolute atomic E-state index is 6.11. The summed E-state index contributed by atoms with van der Waals surface area (Å²) in [4.78, 5) is 0. The van der Waals surface area contributed by atoms with Gasteiger partial charge >= 0.3 is 0 Å². The summed E-state index contributed by atoms with van der Waals surface area (Å²) in [7, 11) is 0. The summed E-state index contributed by atoms with van der Waals surface area (Å²) in [6.07, 6.45) is 3.64. The second-order valence-corrected chi connectivity index (χ2v) is 5.70. The van der Waals surface area contributed by atoms with Crippen LogP contribution in [0.15, 0.2) is 12.1 Å². The van der Waals surface area contributed by atoms with E-state index in [2.05, 4.69) is 29.7 Å². The Balaban J connectivity index is 1.96. The van der Waals surface area contributed by atoms with Crippen LogP contribution in [0.2, 0.25) is 0 Å². The van der Waals surface area contributed by atoms with Crippen molar-refractivity contribution in [3.05, 3.63) is 28.8 Å². The lowest BCUT2D eigenvalue weighted by atomic mass is 9.81. The van der Waals surface area contributed by atoms with E-state index < -0.39 is 0 Å². The Morgan fingerprint density at radius 3 is 2.94 bits per heavy atom. The van der Waals surface area contributed by atoms with E-state index in [1.807, 2.05) is 0 Å². The van der Waals surface area contributed by atoms with Crippen LogP contribution in [-0.4, -0.2) is 19.1 Å². The SMILES string of the molecule is CC1CC(c2ccc(N)c3c2CCNC3)CCN1. The van der Waals surface area contributed by atoms with Gasteiger partial charge in [0.05, 0.1) is 0 Å². The number of piperidine rings is 1. The molecule has 0 aliphatic carbocycles. The van der Waals surface area contributed by atoms with Crippen molar-refractivity contribution in [2.45, 2.75) is 44.7 Å². The molecule has 3 rings (SSSR count). The number of nitrogens with two attached hydrogens (primary N) is 1. The fourth-order valence-corrected chi connectivity index (χ4v) is 3.46. The number of benzene rings is 1. The quantitative estimate of drug-likeness (QED) is 0.661. The third kappa shape index (κ3) is 2.13. The zero-order valence-electron chi connectivity index (χ0n) is 11.1. The van der Waals surface area contributed by atoms with Crippen molar-refractivity contribution in [3.8, 4) is 0 Å². The largest absolute Gasteiger partial charge is 0.398 e. The van der Waals surface area contributed by atoms with Gasteiger partial charge in [-0.3, -0.25) is 0 Å². The molecule has 1 saturated heterocycles. The van der Waals surface area contributed by atoms with Gasteiger partial charge in [-0.15, -0.1) is 0 Å². The van der Waals surface area contributed by atoms with Crippen LogP contribution in [0.1, 0.15) is 42.4 Å². The van der Waals surface area contributed by atoms with Crippen LogP contribution in [0, 0.1) is 0 Å². The Labute approximate surface area is 109 Å². The predicted molar refractivity (Wildman–Crippen MR) is 75.7 cm³/mol. The third-order valence-corrected chi connectivity index (χ3v) is 4.42. The molecule has 2 aliphatic rings. The van der Waals surface area contributed by atoms with Gasteiger partial charge in [0.25, 0.3) is 0 Å². The molecule has 3 heteroatoms. The Kier molecular flexibility index (Phi) is 3.27. The molecule has 3 nitrogen and oxygen atoms in total. The van der Waals surface area contributed by atoms with Crippen molar-refractivity contribution in [1.82, 2.24) is 10.6 Å². The van der Waals surface area contributed by atoms with Crippen molar-refractivity contribution in [2.75, 3.05) is 18.8 Å². The van der Waals surface area contributed by atoms with Gasteiger partial charge in [0.15, 0.2) is 0 Å². The molecule has 0 saturated carbocycles. The molecule has 1 aromatic carbocycles. The van der Waals surface area contributed by atoms with Gasteiger partial charge in [0.2, 0.25) is 0 Å². The standard InChI is InChI=1S/C15H23N3/c1-10-8-11(4-7-18-10)12-2-3-15(16)14-9-17-6-5-13(12)14/h2-3,10-11,17-18H,4-9,16H2,1H3. The zero-order chi connectivity index (χ0) is 12.5. The van der Waals surface area contributed by atoms with E-state index in [0.717, 1.165) is 31.7 Å². The van der Waals surface area contributed by atoms with Crippen molar-refractivity contribution in [1.29, 1.82) is 0 Å². The normalized spacial score (nSPS) is 27.8. The Hall–Kier alpha value is -1.06. The highest BCUT2D eigenvalue weighted by molar-refractivity contribution is 5.55. The molecule has 1 fully saturated rings. The van der Waals surface area contributed by atoms with Crippen LogP contribution >= 0.6 is 0 Å². The molecule has 2 heterocycles. The number of fused-ring (bicyclic) bond motifs is 1. The van der Waals surface area contributed by atoms with E-state index in [1.165, 1.54) is 24.0 Å². The molecule has 1 aromatic rings. The lowest BCUT2D eigenvalue weighted by Gasteiger charge is -2.32. The first-order chi connectivity index (χ1) is 8.75. The van der Waals surface area contributed by atoms with Gasteiger partial charge in [-0.1, -0.05) is 6.07 Å². The third-order valence-electron chi connectivity index (χ3n) is 4.42. The number of nitrogen functional groups attached to an aromatic ring is 1. The Bertz CT molecular complexity index is 442. The summed E-state index contributed by atoms with van der Waals surface area (Å²) in [5, 5.41) is 6.96. The van der Waals surface area contributed by atoms with Crippen LogP contribution < -0.4 is 16.4 Å². The van der Waals surface area contributed by atoms with Gasteiger partial charge in [-0.2, -0.15) is 0 Å². The van der Waals surface area contributed by atoms with Crippen LogP contribution in [0.5, 0.6) is 0 Å². The molecule has 4 N–H and O–H groups in total. The van der Waals surface area contributed by atoms with Crippen LogP contribution in [0.25, 0.3) is 0 Å². The van der Waals surface area contributed by atoms with Crippen LogP contribution in [0.4, 0.5) is 5.69 Å². The number of nitrogens with one attached hydrogen (secondary N) is 2. The predicted octanol–water partition coefficient (Wildman–Crippen LogP) is 1.77. The zero-order valence-corrected chi connectivity index (χ0v) is 11.1. The summed E-state index contributed by atoms with van der Waals surface area (Å²) < 4.78 is 0. The minimum absolute atomic E-state index is 0.638. The van der Waals surface area contributed by atoms with Gasteiger partial charge in [0.1, 0.15) is 0 Å².